The number of unbranched alkanes of at least 4 members (excludes halogenated alkanes) is 1. The van der Waals surface area contributed by atoms with E-state index in [4.69, 9.17) is 4.99 Å². The molecule has 0 aliphatic carbocycles. The average molecular weight is 342 g/mol. The van der Waals surface area contributed by atoms with E-state index in [0.29, 0.717) is 5.92 Å². The van der Waals surface area contributed by atoms with E-state index in [2.05, 4.69) is 65.9 Å². The number of rotatable bonds is 9. The smallest absolute Gasteiger partial charge is 0.191 e. The Bertz CT molecular complexity index is 635. The first-order chi connectivity index (χ1) is 12.2. The lowest BCUT2D eigenvalue weighted by Gasteiger charge is -2.14. The Morgan fingerprint density at radius 2 is 2.00 bits per heavy atom. The summed E-state index contributed by atoms with van der Waals surface area (Å²) in [6, 6.07) is 8.67. The second-order valence-corrected chi connectivity index (χ2v) is 6.37. The maximum Gasteiger partial charge on any atom is 0.191 e. The number of aromatic nitrogens is 3. The molecule has 1 heterocycles. The van der Waals surface area contributed by atoms with E-state index in [1.165, 1.54) is 11.1 Å². The molecule has 25 heavy (non-hydrogen) atoms. The molecular weight excluding hydrogens is 312 g/mol. The lowest BCUT2D eigenvalue weighted by atomic mass is 10.00. The van der Waals surface area contributed by atoms with Gasteiger partial charge >= 0.3 is 0 Å². The van der Waals surface area contributed by atoms with Crippen LogP contribution in [-0.2, 0) is 6.54 Å². The van der Waals surface area contributed by atoms with Gasteiger partial charge in [0.15, 0.2) is 5.96 Å². The van der Waals surface area contributed by atoms with Crippen LogP contribution >= 0.6 is 0 Å². The van der Waals surface area contributed by atoms with Crippen LogP contribution in [0.5, 0.6) is 0 Å². The Labute approximate surface area is 150 Å². The number of aliphatic imine (C=N–C) groups is 1. The van der Waals surface area contributed by atoms with E-state index in [9.17, 15) is 0 Å². The van der Waals surface area contributed by atoms with Crippen molar-refractivity contribution in [1.29, 1.82) is 0 Å². The van der Waals surface area contributed by atoms with Crippen molar-refractivity contribution in [3.8, 4) is 0 Å². The fourth-order valence-corrected chi connectivity index (χ4v) is 2.62. The summed E-state index contributed by atoms with van der Waals surface area (Å²) in [7, 11) is 0. The summed E-state index contributed by atoms with van der Waals surface area (Å²) in [4.78, 5) is 4.74. The Morgan fingerprint density at radius 1 is 1.20 bits per heavy atom. The van der Waals surface area contributed by atoms with Crippen LogP contribution in [0, 0.1) is 6.92 Å². The predicted octanol–water partition coefficient (Wildman–Crippen LogP) is 2.73. The maximum absolute atomic E-state index is 4.74. The molecule has 1 aromatic carbocycles. The molecule has 6 nitrogen and oxygen atoms in total. The van der Waals surface area contributed by atoms with Crippen LogP contribution in [0.4, 0.5) is 0 Å². The van der Waals surface area contributed by atoms with Gasteiger partial charge in [0.05, 0.1) is 0 Å². The van der Waals surface area contributed by atoms with Crippen LogP contribution in [0.25, 0.3) is 0 Å². The van der Waals surface area contributed by atoms with Crippen LogP contribution in [0.1, 0.15) is 43.7 Å². The predicted molar refractivity (Wildman–Crippen MR) is 103 cm³/mol. The van der Waals surface area contributed by atoms with E-state index in [0.717, 1.165) is 45.0 Å². The number of benzene rings is 1. The van der Waals surface area contributed by atoms with Crippen LogP contribution in [0.2, 0.25) is 0 Å². The Balaban J connectivity index is 1.75. The molecule has 1 unspecified atom stereocenters. The fraction of sp³-hybridized carbons (Fsp3) is 0.526. The molecule has 0 aliphatic rings. The third-order valence-corrected chi connectivity index (χ3v) is 4.08. The first-order valence-electron chi connectivity index (χ1n) is 9.10. The molecule has 0 saturated heterocycles. The number of hydrogen-bond acceptors (Lipinski definition) is 3. The van der Waals surface area contributed by atoms with Gasteiger partial charge in [0.1, 0.15) is 12.7 Å². The van der Waals surface area contributed by atoms with Gasteiger partial charge in [-0.3, -0.25) is 4.99 Å². The molecule has 0 aliphatic heterocycles. The first-order valence-corrected chi connectivity index (χ1v) is 9.10. The Morgan fingerprint density at radius 3 is 2.72 bits per heavy atom. The molecule has 2 aromatic rings. The minimum atomic E-state index is 0.407. The molecule has 0 amide bonds. The SMILES string of the molecule is CCNC(=NCC(C)c1cccc(C)c1)NCCCCn1cnnc1. The zero-order chi connectivity index (χ0) is 17.9. The summed E-state index contributed by atoms with van der Waals surface area (Å²) < 4.78 is 2.00. The molecule has 136 valence electrons. The minimum Gasteiger partial charge on any atom is -0.357 e. The highest BCUT2D eigenvalue weighted by Gasteiger charge is 2.06. The van der Waals surface area contributed by atoms with Crippen molar-refractivity contribution >= 4 is 5.96 Å². The van der Waals surface area contributed by atoms with Gasteiger partial charge in [-0.05, 0) is 32.3 Å². The van der Waals surface area contributed by atoms with E-state index in [1.54, 1.807) is 12.7 Å². The number of aryl methyl sites for hydroxylation is 2. The quantitative estimate of drug-likeness (QED) is 0.418. The second kappa shape index (κ2) is 10.5. The van der Waals surface area contributed by atoms with Gasteiger partial charge in [0, 0.05) is 32.1 Å². The summed E-state index contributed by atoms with van der Waals surface area (Å²) in [6.45, 7) is 9.95. The van der Waals surface area contributed by atoms with Crippen LogP contribution in [0.3, 0.4) is 0 Å². The lowest BCUT2D eigenvalue weighted by molar-refractivity contribution is 0.597. The molecule has 6 heteroatoms. The van der Waals surface area contributed by atoms with Gasteiger partial charge in [0.2, 0.25) is 0 Å². The van der Waals surface area contributed by atoms with Crippen molar-refractivity contribution in [1.82, 2.24) is 25.4 Å². The Hall–Kier alpha value is -2.37. The average Bonchev–Trinajstić information content (AvgIpc) is 3.12. The zero-order valence-electron chi connectivity index (χ0n) is 15.6. The summed E-state index contributed by atoms with van der Waals surface area (Å²) in [5.41, 5.74) is 2.64. The molecule has 0 spiro atoms. The highest BCUT2D eigenvalue weighted by atomic mass is 15.2. The first kappa shape index (κ1) is 19.0. The summed E-state index contributed by atoms with van der Waals surface area (Å²) in [5.74, 6) is 1.30. The van der Waals surface area contributed by atoms with Crippen LogP contribution in [-0.4, -0.2) is 40.4 Å². The maximum atomic E-state index is 4.74. The second-order valence-electron chi connectivity index (χ2n) is 6.37. The lowest BCUT2D eigenvalue weighted by Crippen LogP contribution is -2.38. The van der Waals surface area contributed by atoms with Crippen molar-refractivity contribution in [3.63, 3.8) is 0 Å². The number of nitrogens with zero attached hydrogens (tertiary/aromatic N) is 4. The summed E-state index contributed by atoms with van der Waals surface area (Å²) >= 11 is 0. The monoisotopic (exact) mass is 342 g/mol. The molecule has 2 rings (SSSR count). The zero-order valence-corrected chi connectivity index (χ0v) is 15.6. The van der Waals surface area contributed by atoms with E-state index in [1.807, 2.05) is 4.57 Å². The minimum absolute atomic E-state index is 0.407. The van der Waals surface area contributed by atoms with Crippen molar-refractivity contribution in [2.75, 3.05) is 19.6 Å². The molecule has 0 radical (unpaired) electrons. The molecule has 1 aromatic heterocycles. The highest BCUT2D eigenvalue weighted by molar-refractivity contribution is 5.79. The van der Waals surface area contributed by atoms with Gasteiger partial charge in [-0.2, -0.15) is 0 Å². The topological polar surface area (TPSA) is 67.1 Å². The molecule has 2 N–H and O–H groups in total. The third kappa shape index (κ3) is 6.95. The summed E-state index contributed by atoms with van der Waals surface area (Å²) in [6.07, 6.45) is 5.68. The molecule has 0 saturated carbocycles. The number of hydrogen-bond donors (Lipinski definition) is 2. The van der Waals surface area contributed by atoms with Gasteiger partial charge in [0.25, 0.3) is 0 Å². The van der Waals surface area contributed by atoms with Gasteiger partial charge < -0.3 is 15.2 Å². The summed E-state index contributed by atoms with van der Waals surface area (Å²) in [5, 5.41) is 14.4. The normalized spacial score (nSPS) is 12.8. The van der Waals surface area contributed by atoms with E-state index < -0.39 is 0 Å². The fourth-order valence-electron chi connectivity index (χ4n) is 2.62. The van der Waals surface area contributed by atoms with Crippen LogP contribution in [0.15, 0.2) is 41.9 Å². The standard InChI is InChI=1S/C19H30N6/c1-4-20-19(21-10-5-6-11-25-14-23-24-15-25)22-13-17(3)18-9-7-8-16(2)12-18/h7-9,12,14-15,17H,4-6,10-11,13H2,1-3H3,(H2,20,21,22). The molecular formula is C19H30N6. The van der Waals surface area contributed by atoms with Crippen molar-refractivity contribution in [2.45, 2.75) is 46.1 Å². The number of nitrogens with one attached hydrogen (secondary N) is 2. The van der Waals surface area contributed by atoms with Gasteiger partial charge in [-0.15, -0.1) is 10.2 Å². The van der Waals surface area contributed by atoms with Gasteiger partial charge in [-0.1, -0.05) is 36.8 Å². The van der Waals surface area contributed by atoms with E-state index >= 15 is 0 Å². The van der Waals surface area contributed by atoms with Crippen molar-refractivity contribution in [3.05, 3.63) is 48.0 Å². The van der Waals surface area contributed by atoms with Crippen LogP contribution < -0.4 is 10.6 Å². The van der Waals surface area contributed by atoms with Crippen molar-refractivity contribution in [2.24, 2.45) is 4.99 Å². The third-order valence-electron chi connectivity index (χ3n) is 4.08. The largest absolute Gasteiger partial charge is 0.357 e. The molecule has 1 atom stereocenters. The molecule has 0 bridgehead atoms. The van der Waals surface area contributed by atoms with E-state index in [-0.39, 0.29) is 0 Å². The Kier molecular flexibility index (Phi) is 7.95. The van der Waals surface area contributed by atoms with Gasteiger partial charge in [-0.25, -0.2) is 0 Å². The molecule has 0 fully saturated rings. The highest BCUT2D eigenvalue weighted by Crippen LogP contribution is 2.16. The van der Waals surface area contributed by atoms with Crippen molar-refractivity contribution < 1.29 is 0 Å². The number of guanidine groups is 1.